The molecule has 0 N–H and O–H groups in total. The number of hydrogen-bond acceptors (Lipinski definition) is 2. The average Bonchev–Trinajstić information content (AvgIpc) is 1.60. The predicted molar refractivity (Wildman–Crippen MR) is 380 cm³/mol. The minimum Gasteiger partial charge on any atom is -0.309 e. The van der Waals surface area contributed by atoms with Crippen molar-refractivity contribution in [1.82, 2.24) is 32.4 Å². The molecule has 0 bridgehead atoms. The van der Waals surface area contributed by atoms with Crippen molar-refractivity contribution >= 4 is 131 Å². The molecule has 7 heterocycles. The van der Waals surface area contributed by atoms with E-state index in [-0.39, 0.29) is 0 Å². The fourth-order valence-electron chi connectivity index (χ4n) is 15.6. The van der Waals surface area contributed by atoms with E-state index in [1.54, 1.807) is 0 Å². The lowest BCUT2D eigenvalue weighted by atomic mass is 10.0. The van der Waals surface area contributed by atoms with E-state index < -0.39 is 0 Å². The van der Waals surface area contributed by atoms with Crippen molar-refractivity contribution in [2.24, 2.45) is 0 Å². The standard InChI is InChI=1S/C84H50N8/c85-50-52-18-17-19-53(44-52)66-49-84(92-81-42-38-56(89-75-32-13-5-24-62(75)63-25-6-14-33-76(63)89)47-69(81)70-48-57(39-43-82(70)92)90-77-34-15-7-26-64(77)65-27-8-16-35-78(65)90)86-51-83(66)91-79-40-36-54(87-71-28-9-1-20-58(71)59-21-2-10-29-72(59)87)45-67(79)68-46-55(37-41-80(68)91)88-73-30-11-3-22-60(73)61-23-4-12-31-74(61)88/h1-49,51H. The molecule has 0 saturated heterocycles. The topological polar surface area (TPSA) is 66.3 Å². The first-order chi connectivity index (χ1) is 45.6. The van der Waals surface area contributed by atoms with Crippen LogP contribution in [0.5, 0.6) is 0 Å². The fraction of sp³-hybridized carbons (Fsp3) is 0. The molecule has 426 valence electrons. The van der Waals surface area contributed by atoms with E-state index in [9.17, 15) is 5.26 Å². The summed E-state index contributed by atoms with van der Waals surface area (Å²) in [6, 6.07) is 110. The molecule has 0 fully saturated rings. The third-order valence-electron chi connectivity index (χ3n) is 19.5. The van der Waals surface area contributed by atoms with Crippen molar-refractivity contribution < 1.29 is 0 Å². The van der Waals surface area contributed by atoms with Gasteiger partial charge in [-0.05, 0) is 145 Å². The van der Waals surface area contributed by atoms with Gasteiger partial charge in [-0.3, -0.25) is 4.57 Å². The number of para-hydroxylation sites is 8. The number of benzene rings is 13. The summed E-state index contributed by atoms with van der Waals surface area (Å²) in [5.41, 5.74) is 20.9. The first-order valence-corrected chi connectivity index (χ1v) is 31.2. The van der Waals surface area contributed by atoms with Gasteiger partial charge >= 0.3 is 0 Å². The van der Waals surface area contributed by atoms with Crippen LogP contribution in [0, 0.1) is 11.3 Å². The van der Waals surface area contributed by atoms with E-state index in [0.29, 0.717) is 5.56 Å². The van der Waals surface area contributed by atoms with E-state index in [0.717, 1.165) is 133 Å². The van der Waals surface area contributed by atoms with Gasteiger partial charge in [0.25, 0.3) is 0 Å². The lowest BCUT2D eigenvalue weighted by molar-refractivity contribution is 1.05. The van der Waals surface area contributed by atoms with Gasteiger partial charge < -0.3 is 22.8 Å². The Bertz CT molecular complexity index is 6050. The third kappa shape index (κ3) is 7.07. The Hall–Kier alpha value is -12.7. The van der Waals surface area contributed by atoms with Crippen LogP contribution in [0.3, 0.4) is 0 Å². The minimum absolute atomic E-state index is 0.577. The van der Waals surface area contributed by atoms with Crippen LogP contribution >= 0.6 is 0 Å². The monoisotopic (exact) mass is 1170 g/mol. The molecule has 0 unspecified atom stereocenters. The highest BCUT2D eigenvalue weighted by Gasteiger charge is 2.25. The maximum atomic E-state index is 10.6. The van der Waals surface area contributed by atoms with Gasteiger partial charge in [0.05, 0.1) is 89.7 Å². The van der Waals surface area contributed by atoms with Gasteiger partial charge in [-0.1, -0.05) is 158 Å². The molecule has 0 spiro atoms. The number of pyridine rings is 1. The Morgan fingerprint density at radius 1 is 0.239 bits per heavy atom. The van der Waals surface area contributed by atoms with Crippen LogP contribution in [-0.4, -0.2) is 32.4 Å². The van der Waals surface area contributed by atoms with Crippen molar-refractivity contribution in [3.05, 3.63) is 309 Å². The normalized spacial score (nSPS) is 12.1. The zero-order valence-electron chi connectivity index (χ0n) is 49.4. The van der Waals surface area contributed by atoms with E-state index in [4.69, 9.17) is 4.98 Å². The number of nitriles is 1. The van der Waals surface area contributed by atoms with Crippen molar-refractivity contribution in [2.75, 3.05) is 0 Å². The summed E-state index contributed by atoms with van der Waals surface area (Å²) in [4.78, 5) is 5.64. The first-order valence-electron chi connectivity index (χ1n) is 31.2. The van der Waals surface area contributed by atoms with Crippen LogP contribution in [0.1, 0.15) is 5.56 Å². The maximum Gasteiger partial charge on any atom is 0.138 e. The molecule has 20 rings (SSSR count). The van der Waals surface area contributed by atoms with E-state index in [1.165, 1.54) is 43.1 Å². The van der Waals surface area contributed by atoms with Crippen LogP contribution in [0.2, 0.25) is 0 Å². The predicted octanol–water partition coefficient (Wildman–Crippen LogP) is 21.2. The summed E-state index contributed by atoms with van der Waals surface area (Å²) in [6.45, 7) is 0. The summed E-state index contributed by atoms with van der Waals surface area (Å²) in [5, 5.41) is 24.7. The zero-order valence-corrected chi connectivity index (χ0v) is 49.4. The first kappa shape index (κ1) is 50.3. The molecular formula is C84H50N8. The molecule has 0 aliphatic heterocycles. The number of rotatable bonds is 7. The number of nitrogens with zero attached hydrogens (tertiary/aromatic N) is 8. The Labute approximate surface area is 526 Å². The number of fused-ring (bicyclic) bond motifs is 18. The Morgan fingerprint density at radius 3 is 0.826 bits per heavy atom. The second-order valence-corrected chi connectivity index (χ2v) is 24.2. The summed E-state index contributed by atoms with van der Waals surface area (Å²) in [6.07, 6.45) is 2.06. The Kier molecular flexibility index (Phi) is 10.5. The molecule has 0 amide bonds. The van der Waals surface area contributed by atoms with E-state index >= 15 is 0 Å². The lowest BCUT2D eigenvalue weighted by Crippen LogP contribution is -2.04. The van der Waals surface area contributed by atoms with Gasteiger partial charge in [0.15, 0.2) is 0 Å². The molecule has 0 aliphatic rings. The van der Waals surface area contributed by atoms with Crippen molar-refractivity contribution in [2.45, 2.75) is 0 Å². The average molecular weight is 1170 g/mol. The number of hydrogen-bond donors (Lipinski definition) is 0. The van der Waals surface area contributed by atoms with E-state index in [2.05, 4.69) is 319 Å². The second-order valence-electron chi connectivity index (χ2n) is 24.2. The highest BCUT2D eigenvalue weighted by Crippen LogP contribution is 2.44. The SMILES string of the molecule is N#Cc1cccc(-c2cc(-n3c4ccc(-n5c6ccccc6c6ccccc65)cc4c4cc(-n5c6ccccc6c6ccccc65)ccc43)ncc2-n2c3ccc(-n4c5ccccc5c5ccccc54)cc3c3cc(-n4c5ccccc5c5ccccc54)ccc32)c1. The molecule has 0 atom stereocenters. The van der Waals surface area contributed by atoms with Crippen LogP contribution in [0.15, 0.2) is 303 Å². The lowest BCUT2D eigenvalue weighted by Gasteiger charge is -2.17. The van der Waals surface area contributed by atoms with Crippen molar-refractivity contribution in [3.63, 3.8) is 0 Å². The Balaban J connectivity index is 0.854. The molecule has 92 heavy (non-hydrogen) atoms. The third-order valence-corrected chi connectivity index (χ3v) is 19.5. The number of aromatic nitrogens is 7. The quantitative estimate of drug-likeness (QED) is 0.160. The minimum atomic E-state index is 0.577. The van der Waals surface area contributed by atoms with Gasteiger partial charge in [-0.25, -0.2) is 4.98 Å². The Morgan fingerprint density at radius 2 is 0.522 bits per heavy atom. The molecule has 0 radical (unpaired) electrons. The maximum absolute atomic E-state index is 10.6. The molecule has 7 aromatic heterocycles. The van der Waals surface area contributed by atoms with Gasteiger partial charge in [0.1, 0.15) is 5.82 Å². The summed E-state index contributed by atoms with van der Waals surface area (Å²) < 4.78 is 14.3. The molecule has 20 aromatic rings. The molecule has 13 aromatic carbocycles. The summed E-state index contributed by atoms with van der Waals surface area (Å²) >= 11 is 0. The van der Waals surface area contributed by atoms with Crippen LogP contribution in [-0.2, 0) is 0 Å². The highest BCUT2D eigenvalue weighted by molar-refractivity contribution is 6.17. The van der Waals surface area contributed by atoms with Crippen molar-refractivity contribution in [3.8, 4) is 51.5 Å². The van der Waals surface area contributed by atoms with E-state index in [1.807, 2.05) is 18.2 Å². The smallest absolute Gasteiger partial charge is 0.138 e. The molecule has 0 aliphatic carbocycles. The molecule has 8 nitrogen and oxygen atoms in total. The zero-order chi connectivity index (χ0) is 60.3. The van der Waals surface area contributed by atoms with Gasteiger partial charge in [-0.2, -0.15) is 5.26 Å². The molecule has 0 saturated carbocycles. The summed E-state index contributed by atoms with van der Waals surface area (Å²) in [7, 11) is 0. The molecule has 8 heteroatoms. The molecular weight excluding hydrogens is 1120 g/mol. The van der Waals surface area contributed by atoms with Crippen molar-refractivity contribution in [1.29, 1.82) is 5.26 Å². The highest BCUT2D eigenvalue weighted by atomic mass is 15.1. The van der Waals surface area contributed by atoms with Gasteiger partial charge in [0, 0.05) is 92.9 Å². The second kappa shape index (κ2) is 19.2. The van der Waals surface area contributed by atoms with Gasteiger partial charge in [-0.15, -0.1) is 0 Å². The van der Waals surface area contributed by atoms with Crippen LogP contribution in [0.25, 0.3) is 176 Å². The van der Waals surface area contributed by atoms with Crippen LogP contribution < -0.4 is 0 Å². The van der Waals surface area contributed by atoms with Gasteiger partial charge in [0.2, 0.25) is 0 Å². The largest absolute Gasteiger partial charge is 0.309 e. The summed E-state index contributed by atoms with van der Waals surface area (Å²) in [5.74, 6) is 0.753. The van der Waals surface area contributed by atoms with Crippen LogP contribution in [0.4, 0.5) is 0 Å². The fourth-order valence-corrected chi connectivity index (χ4v) is 15.6.